The van der Waals surface area contributed by atoms with Gasteiger partial charge in [-0.05, 0) is 74.3 Å². The van der Waals surface area contributed by atoms with Crippen LogP contribution in [0.5, 0.6) is 5.75 Å². The van der Waals surface area contributed by atoms with E-state index in [1.807, 2.05) is 30.1 Å². The average Bonchev–Trinajstić information content (AvgIpc) is 3.28. The van der Waals surface area contributed by atoms with Crippen molar-refractivity contribution < 1.29 is 13.5 Å². The topological polar surface area (TPSA) is 28.6 Å². The quantitative estimate of drug-likeness (QED) is 0.484. The van der Waals surface area contributed by atoms with Crippen molar-refractivity contribution in [3.05, 3.63) is 83.6 Å². The summed E-state index contributed by atoms with van der Waals surface area (Å²) in [6, 6.07) is 16.2. The van der Waals surface area contributed by atoms with Crippen LogP contribution in [0.15, 0.2) is 60.8 Å². The molecule has 1 fully saturated rings. The number of nitrogens with zero attached hydrogens (tertiary/aromatic N) is 3. The van der Waals surface area contributed by atoms with Crippen molar-refractivity contribution >= 4 is 11.5 Å². The van der Waals surface area contributed by atoms with Gasteiger partial charge < -0.3 is 9.64 Å². The van der Waals surface area contributed by atoms with E-state index in [0.717, 1.165) is 30.8 Å². The lowest BCUT2D eigenvalue weighted by Gasteiger charge is -2.32. The van der Waals surface area contributed by atoms with Crippen LogP contribution in [0.2, 0.25) is 0 Å². The van der Waals surface area contributed by atoms with E-state index in [1.54, 1.807) is 19.2 Å². The van der Waals surface area contributed by atoms with Crippen LogP contribution in [0.3, 0.4) is 0 Å². The summed E-state index contributed by atoms with van der Waals surface area (Å²) in [5, 5.41) is 0. The Bertz CT molecular complexity index is 1020. The van der Waals surface area contributed by atoms with Crippen molar-refractivity contribution in [2.24, 2.45) is 0 Å². The maximum absolute atomic E-state index is 14.9. The summed E-state index contributed by atoms with van der Waals surface area (Å²) in [6.07, 6.45) is 3.19. The van der Waals surface area contributed by atoms with Crippen LogP contribution in [0, 0.1) is 11.6 Å². The molecule has 0 aliphatic carbocycles. The number of hydrogen-bond donors (Lipinski definition) is 0. The van der Waals surface area contributed by atoms with E-state index < -0.39 is 0 Å². The van der Waals surface area contributed by atoms with Crippen molar-refractivity contribution in [3.8, 4) is 5.75 Å². The van der Waals surface area contributed by atoms with Crippen LogP contribution in [0.4, 0.5) is 20.3 Å². The molecule has 2 atom stereocenters. The Hall–Kier alpha value is -2.99. The van der Waals surface area contributed by atoms with Gasteiger partial charge in [-0.25, -0.2) is 13.8 Å². The molecular formula is C25H27F2N3O. The lowest BCUT2D eigenvalue weighted by Crippen LogP contribution is -2.27. The smallest absolute Gasteiger partial charge is 0.146 e. The van der Waals surface area contributed by atoms with E-state index in [0.29, 0.717) is 11.4 Å². The molecule has 4 rings (SSSR count). The first-order chi connectivity index (χ1) is 15.0. The lowest BCUT2D eigenvalue weighted by atomic mass is 10.0. The second kappa shape index (κ2) is 9.02. The molecule has 0 spiro atoms. The second-order valence-corrected chi connectivity index (χ2v) is 7.94. The van der Waals surface area contributed by atoms with Crippen molar-refractivity contribution in [3.63, 3.8) is 0 Å². The fourth-order valence-electron chi connectivity index (χ4n) is 4.34. The first-order valence-corrected chi connectivity index (χ1v) is 10.5. The predicted octanol–water partition coefficient (Wildman–Crippen LogP) is 6.03. The summed E-state index contributed by atoms with van der Waals surface area (Å²) >= 11 is 0. The summed E-state index contributed by atoms with van der Waals surface area (Å²) < 4.78 is 33.4. The fraction of sp³-hybridized carbons (Fsp3) is 0.320. The largest absolute Gasteiger partial charge is 0.497 e. The lowest BCUT2D eigenvalue weighted by molar-refractivity contribution is 0.190. The number of hydrogen-bond acceptors (Lipinski definition) is 4. The molecule has 6 heteroatoms. The van der Waals surface area contributed by atoms with Crippen LogP contribution >= 0.6 is 0 Å². The van der Waals surface area contributed by atoms with Gasteiger partial charge in [0.15, 0.2) is 0 Å². The minimum Gasteiger partial charge on any atom is -0.497 e. The van der Waals surface area contributed by atoms with Crippen molar-refractivity contribution in [1.29, 1.82) is 0 Å². The van der Waals surface area contributed by atoms with Gasteiger partial charge in [0.25, 0.3) is 0 Å². The molecule has 1 aromatic heterocycles. The summed E-state index contributed by atoms with van der Waals surface area (Å²) in [5.74, 6) is 0.864. The van der Waals surface area contributed by atoms with Gasteiger partial charge >= 0.3 is 0 Å². The van der Waals surface area contributed by atoms with Gasteiger partial charge in [-0.2, -0.15) is 0 Å². The molecule has 0 amide bonds. The maximum Gasteiger partial charge on any atom is 0.146 e. The van der Waals surface area contributed by atoms with E-state index in [-0.39, 0.29) is 23.7 Å². The van der Waals surface area contributed by atoms with Gasteiger partial charge in [0.05, 0.1) is 13.3 Å². The molecule has 2 heterocycles. The monoisotopic (exact) mass is 423 g/mol. The minimum absolute atomic E-state index is 0.0273. The molecule has 2 aromatic carbocycles. The van der Waals surface area contributed by atoms with Crippen molar-refractivity contribution in [1.82, 2.24) is 9.88 Å². The Morgan fingerprint density at radius 1 is 1.10 bits per heavy atom. The normalized spacial score (nSPS) is 17.5. The number of benzene rings is 2. The zero-order valence-electron chi connectivity index (χ0n) is 18.1. The van der Waals surface area contributed by atoms with E-state index in [2.05, 4.69) is 28.9 Å². The molecule has 0 N–H and O–H groups in total. The third kappa shape index (κ3) is 4.39. The zero-order chi connectivity index (χ0) is 22.0. The standard InChI is InChI=1S/C25H27F2N3O/c1-17(18-6-12-21(31-3)13-7-18)30-14-4-5-24(30)22-15-25(28-16-23(22)27)29(2)20-10-8-19(26)9-11-20/h6-13,15-17,24H,4-5,14H2,1-3H3. The molecule has 1 aliphatic heterocycles. The molecule has 0 saturated carbocycles. The van der Waals surface area contributed by atoms with E-state index in [9.17, 15) is 8.78 Å². The van der Waals surface area contributed by atoms with Gasteiger partial charge in [0.2, 0.25) is 0 Å². The number of ether oxygens (including phenoxy) is 1. The Morgan fingerprint density at radius 2 is 1.81 bits per heavy atom. The second-order valence-electron chi connectivity index (χ2n) is 7.94. The van der Waals surface area contributed by atoms with Crippen LogP contribution in [0.1, 0.15) is 43.0 Å². The van der Waals surface area contributed by atoms with Crippen molar-refractivity contribution in [2.45, 2.75) is 31.8 Å². The van der Waals surface area contributed by atoms with E-state index in [4.69, 9.17) is 4.74 Å². The molecule has 0 bridgehead atoms. The maximum atomic E-state index is 14.9. The van der Waals surface area contributed by atoms with E-state index >= 15 is 0 Å². The number of aromatic nitrogens is 1. The highest BCUT2D eigenvalue weighted by Gasteiger charge is 2.32. The number of rotatable bonds is 6. The molecule has 1 aliphatic rings. The highest BCUT2D eigenvalue weighted by atomic mass is 19.1. The van der Waals surface area contributed by atoms with Crippen LogP contribution in [0.25, 0.3) is 0 Å². The zero-order valence-corrected chi connectivity index (χ0v) is 18.1. The van der Waals surface area contributed by atoms with Crippen LogP contribution in [-0.2, 0) is 0 Å². The van der Waals surface area contributed by atoms with Gasteiger partial charge in [-0.3, -0.25) is 4.90 Å². The van der Waals surface area contributed by atoms with Gasteiger partial charge in [-0.15, -0.1) is 0 Å². The molecule has 3 aromatic rings. The van der Waals surface area contributed by atoms with Gasteiger partial charge in [0, 0.05) is 30.4 Å². The van der Waals surface area contributed by atoms with Gasteiger partial charge in [0.1, 0.15) is 23.2 Å². The Morgan fingerprint density at radius 3 is 2.48 bits per heavy atom. The Labute approximate surface area is 182 Å². The summed E-state index contributed by atoms with van der Waals surface area (Å²) in [7, 11) is 3.51. The van der Waals surface area contributed by atoms with Gasteiger partial charge in [-0.1, -0.05) is 12.1 Å². The first kappa shape index (κ1) is 21.2. The highest BCUT2D eigenvalue weighted by Crippen LogP contribution is 2.40. The summed E-state index contributed by atoms with van der Waals surface area (Å²) in [6.45, 7) is 3.06. The minimum atomic E-state index is -0.296. The number of halogens is 2. The molecule has 162 valence electrons. The fourth-order valence-corrected chi connectivity index (χ4v) is 4.34. The molecule has 31 heavy (non-hydrogen) atoms. The average molecular weight is 424 g/mol. The number of likely N-dealkylation sites (tertiary alicyclic amines) is 1. The van der Waals surface area contributed by atoms with Crippen LogP contribution in [-0.4, -0.2) is 30.6 Å². The molecular weight excluding hydrogens is 396 g/mol. The predicted molar refractivity (Wildman–Crippen MR) is 119 cm³/mol. The summed E-state index contributed by atoms with van der Waals surface area (Å²) in [5.41, 5.74) is 2.61. The molecule has 2 unspecified atom stereocenters. The van der Waals surface area contributed by atoms with Crippen LogP contribution < -0.4 is 9.64 Å². The molecule has 4 nitrogen and oxygen atoms in total. The highest BCUT2D eigenvalue weighted by molar-refractivity contribution is 5.59. The third-order valence-electron chi connectivity index (χ3n) is 6.18. The number of methoxy groups -OCH3 is 1. The SMILES string of the molecule is COc1ccc(C(C)N2CCCC2c2cc(N(C)c3ccc(F)cc3)ncc2F)cc1. The molecule has 1 saturated heterocycles. The number of anilines is 2. The Kier molecular flexibility index (Phi) is 6.18. The van der Waals surface area contributed by atoms with E-state index in [1.165, 1.54) is 23.9 Å². The number of pyridine rings is 1. The third-order valence-corrected chi connectivity index (χ3v) is 6.18. The Balaban J connectivity index is 1.61. The summed E-state index contributed by atoms with van der Waals surface area (Å²) in [4.78, 5) is 8.47. The molecule has 0 radical (unpaired) electrons. The van der Waals surface area contributed by atoms with Crippen molar-refractivity contribution in [2.75, 3.05) is 25.6 Å². The first-order valence-electron chi connectivity index (χ1n) is 10.5.